The molecule has 1 atom stereocenters. The first-order chi connectivity index (χ1) is 7.83. The summed E-state index contributed by atoms with van der Waals surface area (Å²) in [6.07, 6.45) is 3.36. The van der Waals surface area contributed by atoms with Crippen molar-refractivity contribution in [3.8, 4) is 0 Å². The maximum absolute atomic E-state index is 11.8. The number of carbonyl (C=O) groups excluding carboxylic acids is 2. The first-order valence-electron chi connectivity index (χ1n) is 5.97. The first-order valence-corrected chi connectivity index (χ1v) is 5.97. The van der Waals surface area contributed by atoms with Crippen LogP contribution in [0.3, 0.4) is 0 Å². The Hall–Kier alpha value is -1.32. The molecular formula is C13H21NO3. The number of rotatable bonds is 2. The number of carbonyl (C=O) groups is 2. The lowest BCUT2D eigenvalue weighted by atomic mass is 9.95. The molecule has 0 spiro atoms. The molecule has 1 aliphatic heterocycles. The van der Waals surface area contributed by atoms with Crippen molar-refractivity contribution in [3.63, 3.8) is 0 Å². The van der Waals surface area contributed by atoms with Crippen LogP contribution in [0.2, 0.25) is 0 Å². The Morgan fingerprint density at radius 2 is 2.24 bits per heavy atom. The third-order valence-corrected chi connectivity index (χ3v) is 2.62. The maximum Gasteiger partial charge on any atom is 0.417 e. The Morgan fingerprint density at radius 3 is 2.76 bits per heavy atom. The second-order valence-electron chi connectivity index (χ2n) is 5.41. The highest BCUT2D eigenvalue weighted by atomic mass is 16.6. The van der Waals surface area contributed by atoms with Crippen molar-refractivity contribution < 1.29 is 14.3 Å². The van der Waals surface area contributed by atoms with E-state index in [0.29, 0.717) is 18.9 Å². The highest BCUT2D eigenvalue weighted by molar-refractivity contribution is 5.92. The molecule has 0 radical (unpaired) electrons. The average molecular weight is 239 g/mol. The van der Waals surface area contributed by atoms with Crippen molar-refractivity contribution in [3.05, 3.63) is 12.7 Å². The third-order valence-electron chi connectivity index (χ3n) is 2.62. The van der Waals surface area contributed by atoms with E-state index in [9.17, 15) is 9.59 Å². The fraction of sp³-hybridized carbons (Fsp3) is 0.692. The van der Waals surface area contributed by atoms with E-state index in [0.717, 1.165) is 12.8 Å². The summed E-state index contributed by atoms with van der Waals surface area (Å²) in [5.74, 6) is 0.178. The smallest absolute Gasteiger partial charge is 0.417 e. The third kappa shape index (κ3) is 4.21. The van der Waals surface area contributed by atoms with Crippen molar-refractivity contribution in [2.75, 3.05) is 6.54 Å². The van der Waals surface area contributed by atoms with Crippen LogP contribution in [0.1, 0.15) is 40.0 Å². The molecule has 17 heavy (non-hydrogen) atoms. The molecule has 0 N–H and O–H groups in total. The summed E-state index contributed by atoms with van der Waals surface area (Å²) < 4.78 is 5.21. The second-order valence-corrected chi connectivity index (χ2v) is 5.41. The van der Waals surface area contributed by atoms with E-state index in [2.05, 4.69) is 6.58 Å². The zero-order chi connectivity index (χ0) is 13.1. The minimum Gasteiger partial charge on any atom is -0.443 e. The minimum atomic E-state index is -0.567. The molecule has 1 unspecified atom stereocenters. The van der Waals surface area contributed by atoms with Gasteiger partial charge in [0.15, 0.2) is 0 Å². The molecule has 0 aliphatic carbocycles. The van der Waals surface area contributed by atoms with Gasteiger partial charge in [-0.25, -0.2) is 9.69 Å². The number of ether oxygens (including phenoxy) is 1. The van der Waals surface area contributed by atoms with E-state index in [4.69, 9.17) is 4.74 Å². The first kappa shape index (κ1) is 13.7. The van der Waals surface area contributed by atoms with Crippen LogP contribution in [-0.2, 0) is 9.53 Å². The van der Waals surface area contributed by atoms with Gasteiger partial charge in [-0.15, -0.1) is 6.58 Å². The summed E-state index contributed by atoms with van der Waals surface area (Å²) in [5.41, 5.74) is -0.567. The fourth-order valence-corrected chi connectivity index (χ4v) is 1.84. The molecule has 0 aromatic carbocycles. The lowest BCUT2D eigenvalue weighted by Crippen LogP contribution is -2.46. The van der Waals surface area contributed by atoms with Crippen LogP contribution in [-0.4, -0.2) is 29.0 Å². The van der Waals surface area contributed by atoms with Gasteiger partial charge in [-0.1, -0.05) is 6.08 Å². The van der Waals surface area contributed by atoms with Gasteiger partial charge in [0.25, 0.3) is 0 Å². The largest absolute Gasteiger partial charge is 0.443 e. The van der Waals surface area contributed by atoms with Crippen molar-refractivity contribution >= 4 is 12.0 Å². The Morgan fingerprint density at radius 1 is 1.59 bits per heavy atom. The number of likely N-dealkylation sites (tertiary alicyclic amines) is 1. The van der Waals surface area contributed by atoms with Crippen LogP contribution in [0.25, 0.3) is 0 Å². The van der Waals surface area contributed by atoms with E-state index in [-0.39, 0.29) is 5.91 Å². The van der Waals surface area contributed by atoms with E-state index in [1.165, 1.54) is 4.90 Å². The van der Waals surface area contributed by atoms with Crippen molar-refractivity contribution in [2.24, 2.45) is 5.92 Å². The average Bonchev–Trinajstić information content (AvgIpc) is 2.18. The van der Waals surface area contributed by atoms with Crippen LogP contribution >= 0.6 is 0 Å². The molecule has 0 bridgehead atoms. The highest BCUT2D eigenvalue weighted by Gasteiger charge is 2.32. The zero-order valence-corrected chi connectivity index (χ0v) is 10.9. The summed E-state index contributed by atoms with van der Waals surface area (Å²) in [5, 5.41) is 0. The van der Waals surface area contributed by atoms with Gasteiger partial charge in [-0.2, -0.15) is 0 Å². The molecule has 1 fully saturated rings. The van der Waals surface area contributed by atoms with Crippen LogP contribution < -0.4 is 0 Å². The topological polar surface area (TPSA) is 46.6 Å². The van der Waals surface area contributed by atoms with Gasteiger partial charge in [-0.05, 0) is 39.5 Å². The monoisotopic (exact) mass is 239 g/mol. The lowest BCUT2D eigenvalue weighted by molar-refractivity contribution is -0.133. The zero-order valence-electron chi connectivity index (χ0n) is 10.9. The fourth-order valence-electron chi connectivity index (χ4n) is 1.84. The summed E-state index contributed by atoms with van der Waals surface area (Å²) in [4.78, 5) is 24.7. The molecule has 4 heteroatoms. The lowest BCUT2D eigenvalue weighted by Gasteiger charge is -2.32. The molecule has 0 aromatic heterocycles. The van der Waals surface area contributed by atoms with Crippen LogP contribution in [0.5, 0.6) is 0 Å². The quantitative estimate of drug-likeness (QED) is 0.696. The van der Waals surface area contributed by atoms with Crippen LogP contribution in [0, 0.1) is 5.92 Å². The molecule has 1 aliphatic rings. The van der Waals surface area contributed by atoms with Gasteiger partial charge in [0.05, 0.1) is 0 Å². The number of imide groups is 1. The van der Waals surface area contributed by atoms with Gasteiger partial charge >= 0.3 is 6.09 Å². The molecule has 1 saturated heterocycles. The number of hydrogen-bond acceptors (Lipinski definition) is 3. The maximum atomic E-state index is 11.8. The van der Waals surface area contributed by atoms with Crippen molar-refractivity contribution in [1.82, 2.24) is 4.90 Å². The molecule has 0 saturated carbocycles. The van der Waals surface area contributed by atoms with Gasteiger partial charge < -0.3 is 4.74 Å². The number of allylic oxidation sites excluding steroid dienone is 1. The summed E-state index contributed by atoms with van der Waals surface area (Å²) in [7, 11) is 0. The Kier molecular flexibility index (Phi) is 4.32. The molecule has 4 nitrogen and oxygen atoms in total. The van der Waals surface area contributed by atoms with Crippen LogP contribution in [0.4, 0.5) is 4.79 Å². The van der Waals surface area contributed by atoms with Gasteiger partial charge in [0, 0.05) is 13.0 Å². The van der Waals surface area contributed by atoms with E-state index < -0.39 is 11.7 Å². The summed E-state index contributed by atoms with van der Waals surface area (Å²) in [6, 6.07) is 0. The molecule has 1 heterocycles. The Balaban J connectivity index is 2.63. The number of hydrogen-bond donors (Lipinski definition) is 0. The summed E-state index contributed by atoms with van der Waals surface area (Å²) in [6.45, 7) is 9.50. The standard InChI is InChI=1S/C13H21NO3/c1-5-6-10-7-8-11(15)14(9-10)12(16)17-13(2,3)4/h5,10H,1,6-9H2,2-4H3. The molecular weight excluding hydrogens is 218 g/mol. The number of nitrogens with zero attached hydrogens (tertiary/aromatic N) is 1. The highest BCUT2D eigenvalue weighted by Crippen LogP contribution is 2.22. The van der Waals surface area contributed by atoms with Crippen LogP contribution in [0.15, 0.2) is 12.7 Å². The SMILES string of the molecule is C=CCC1CCC(=O)N(C(=O)OC(C)(C)C)C1. The summed E-state index contributed by atoms with van der Waals surface area (Å²) >= 11 is 0. The predicted molar refractivity (Wildman–Crippen MR) is 65.5 cm³/mol. The van der Waals surface area contributed by atoms with E-state index >= 15 is 0 Å². The van der Waals surface area contributed by atoms with Crippen molar-refractivity contribution in [2.45, 2.75) is 45.6 Å². The predicted octanol–water partition coefficient (Wildman–Crippen LogP) is 2.74. The van der Waals surface area contributed by atoms with Crippen molar-refractivity contribution in [1.29, 1.82) is 0 Å². The molecule has 0 aromatic rings. The van der Waals surface area contributed by atoms with Gasteiger partial charge in [0.2, 0.25) is 5.91 Å². The Labute approximate surface area is 103 Å². The second kappa shape index (κ2) is 5.34. The van der Waals surface area contributed by atoms with Gasteiger partial charge in [-0.3, -0.25) is 4.79 Å². The molecule has 2 amide bonds. The number of piperidine rings is 1. The number of amides is 2. The molecule has 96 valence electrons. The normalized spacial score (nSPS) is 21.2. The van der Waals surface area contributed by atoms with E-state index in [1.807, 2.05) is 6.08 Å². The minimum absolute atomic E-state index is 0.139. The van der Waals surface area contributed by atoms with E-state index in [1.54, 1.807) is 20.8 Å². The molecule has 1 rings (SSSR count). The van der Waals surface area contributed by atoms with Gasteiger partial charge in [0.1, 0.15) is 5.60 Å². The Bertz CT molecular complexity index is 317.